The molecule has 1 aromatic carbocycles. The summed E-state index contributed by atoms with van der Waals surface area (Å²) in [6.07, 6.45) is 5.74. The van der Waals surface area contributed by atoms with Gasteiger partial charge in [0.2, 0.25) is 5.82 Å². The van der Waals surface area contributed by atoms with Gasteiger partial charge in [0.1, 0.15) is 0 Å². The highest BCUT2D eigenvalue weighted by Gasteiger charge is 2.21. The third kappa shape index (κ3) is 2.44. The molecular formula is C15H13FN2O3. The zero-order chi connectivity index (χ0) is 15.0. The molecule has 0 N–H and O–H groups in total. The quantitative estimate of drug-likeness (QED) is 0.644. The van der Waals surface area contributed by atoms with Gasteiger partial charge >= 0.3 is 5.69 Å². The van der Waals surface area contributed by atoms with Crippen LogP contribution in [0.25, 0.3) is 0 Å². The summed E-state index contributed by atoms with van der Waals surface area (Å²) in [5, 5.41) is 10.7. The van der Waals surface area contributed by atoms with Gasteiger partial charge in [0.15, 0.2) is 5.78 Å². The van der Waals surface area contributed by atoms with Crippen LogP contribution in [0.15, 0.2) is 30.6 Å². The smallest absolute Gasteiger partial charge is 0.305 e. The molecular weight excluding hydrogens is 275 g/mol. The molecule has 0 atom stereocenters. The molecule has 0 unspecified atom stereocenters. The van der Waals surface area contributed by atoms with Crippen LogP contribution in [0.1, 0.15) is 34.3 Å². The number of aromatic nitrogens is 1. The zero-order valence-electron chi connectivity index (χ0n) is 11.2. The van der Waals surface area contributed by atoms with Gasteiger partial charge in [-0.3, -0.25) is 14.9 Å². The number of fused-ring (bicyclic) bond motifs is 1. The molecule has 0 spiro atoms. The highest BCUT2D eigenvalue weighted by Crippen LogP contribution is 2.24. The predicted octanol–water partition coefficient (Wildman–Crippen LogP) is 3.10. The molecule has 0 amide bonds. The lowest BCUT2D eigenvalue weighted by molar-refractivity contribution is -0.387. The van der Waals surface area contributed by atoms with Crippen molar-refractivity contribution in [3.05, 3.63) is 63.2 Å². The van der Waals surface area contributed by atoms with Crippen LogP contribution in [0.4, 0.5) is 10.1 Å². The fraction of sp³-hybridized carbons (Fsp3) is 0.267. The fourth-order valence-electron chi connectivity index (χ4n) is 2.70. The highest BCUT2D eigenvalue weighted by molar-refractivity contribution is 5.98. The van der Waals surface area contributed by atoms with Crippen LogP contribution in [-0.4, -0.2) is 15.3 Å². The molecule has 0 aliphatic heterocycles. The van der Waals surface area contributed by atoms with Crippen molar-refractivity contribution >= 4 is 11.5 Å². The van der Waals surface area contributed by atoms with Gasteiger partial charge in [-0.15, -0.1) is 0 Å². The Labute approximate surface area is 120 Å². The second-order valence-corrected chi connectivity index (χ2v) is 5.15. The van der Waals surface area contributed by atoms with E-state index >= 15 is 0 Å². The molecule has 6 heteroatoms. The molecule has 1 aliphatic carbocycles. The van der Waals surface area contributed by atoms with Crippen molar-refractivity contribution in [3.8, 4) is 0 Å². The summed E-state index contributed by atoms with van der Waals surface area (Å²) in [5.41, 5.74) is 1.37. The molecule has 5 nitrogen and oxygen atoms in total. The van der Waals surface area contributed by atoms with Gasteiger partial charge in [-0.2, -0.15) is 4.39 Å². The Morgan fingerprint density at radius 3 is 2.81 bits per heavy atom. The molecule has 0 fully saturated rings. The Morgan fingerprint density at radius 2 is 2.10 bits per heavy atom. The fourth-order valence-corrected chi connectivity index (χ4v) is 2.70. The predicted molar refractivity (Wildman–Crippen MR) is 73.9 cm³/mol. The van der Waals surface area contributed by atoms with Crippen molar-refractivity contribution in [2.24, 2.45) is 0 Å². The number of hydrogen-bond acceptors (Lipinski definition) is 3. The molecule has 108 valence electrons. The minimum atomic E-state index is -0.819. The van der Waals surface area contributed by atoms with Gasteiger partial charge in [0.25, 0.3) is 0 Å². The Balaban J connectivity index is 1.93. The first-order valence-corrected chi connectivity index (χ1v) is 6.70. The van der Waals surface area contributed by atoms with E-state index in [1.165, 1.54) is 12.1 Å². The molecule has 0 radical (unpaired) electrons. The number of nitrogens with zero attached hydrogens (tertiary/aromatic N) is 2. The van der Waals surface area contributed by atoms with Crippen LogP contribution in [0.3, 0.4) is 0 Å². The van der Waals surface area contributed by atoms with Crippen LogP contribution in [0.5, 0.6) is 0 Å². The third-order valence-corrected chi connectivity index (χ3v) is 3.72. The van der Waals surface area contributed by atoms with Gasteiger partial charge in [-0.1, -0.05) is 12.1 Å². The molecule has 0 saturated heterocycles. The monoisotopic (exact) mass is 288 g/mol. The number of ketones is 1. The normalized spacial score (nSPS) is 14.0. The van der Waals surface area contributed by atoms with E-state index in [1.54, 1.807) is 10.8 Å². The lowest BCUT2D eigenvalue weighted by atomic mass is 9.95. The number of nitro benzene ring substituents is 1. The van der Waals surface area contributed by atoms with Gasteiger partial charge in [0.05, 0.1) is 11.5 Å². The van der Waals surface area contributed by atoms with Crippen LogP contribution in [-0.2, 0) is 13.0 Å². The van der Waals surface area contributed by atoms with E-state index < -0.39 is 16.4 Å². The summed E-state index contributed by atoms with van der Waals surface area (Å²) in [6.45, 7) is 0.174. The summed E-state index contributed by atoms with van der Waals surface area (Å²) in [7, 11) is 0. The number of halogens is 1. The second kappa shape index (κ2) is 5.12. The van der Waals surface area contributed by atoms with Crippen LogP contribution < -0.4 is 0 Å². The lowest BCUT2D eigenvalue weighted by Crippen LogP contribution is -2.07. The summed E-state index contributed by atoms with van der Waals surface area (Å²) >= 11 is 0. The standard InChI is InChI=1S/C15H13FN2O3/c16-15-11(4-1-5-13(15)18(20)21)8-17-7-10-3-2-6-14(19)12(10)9-17/h1,4-5,7,9H,2-3,6,8H2. The molecule has 1 heterocycles. The Bertz CT molecular complexity index is 737. The molecule has 3 rings (SSSR count). The van der Waals surface area contributed by atoms with Gasteiger partial charge in [0, 0.05) is 36.0 Å². The average Bonchev–Trinajstić information content (AvgIpc) is 2.85. The molecule has 0 saturated carbocycles. The summed E-state index contributed by atoms with van der Waals surface area (Å²) in [5.74, 6) is -0.713. The molecule has 1 aliphatic rings. The van der Waals surface area contributed by atoms with Crippen LogP contribution >= 0.6 is 0 Å². The van der Waals surface area contributed by atoms with E-state index in [2.05, 4.69) is 0 Å². The molecule has 0 bridgehead atoms. The van der Waals surface area contributed by atoms with E-state index in [-0.39, 0.29) is 17.9 Å². The first-order chi connectivity index (χ1) is 10.1. The van der Waals surface area contributed by atoms with E-state index in [1.807, 2.05) is 6.20 Å². The number of carbonyl (C=O) groups excluding carboxylic acids is 1. The van der Waals surface area contributed by atoms with Gasteiger partial charge in [-0.25, -0.2) is 0 Å². The Morgan fingerprint density at radius 1 is 1.29 bits per heavy atom. The van der Waals surface area contributed by atoms with Crippen molar-refractivity contribution in [1.82, 2.24) is 4.57 Å². The van der Waals surface area contributed by atoms with Crippen molar-refractivity contribution < 1.29 is 14.1 Å². The van der Waals surface area contributed by atoms with Crippen LogP contribution in [0.2, 0.25) is 0 Å². The topological polar surface area (TPSA) is 65.1 Å². The number of Topliss-reactive ketones (excluding diaryl/α,β-unsaturated/α-hetero) is 1. The zero-order valence-corrected chi connectivity index (χ0v) is 11.2. The van der Waals surface area contributed by atoms with E-state index in [9.17, 15) is 19.3 Å². The SMILES string of the molecule is O=C1CCCc2cn(Cc3cccc([N+](=O)[O-])c3F)cc21. The molecule has 21 heavy (non-hydrogen) atoms. The van der Waals surface area contributed by atoms with E-state index in [4.69, 9.17) is 0 Å². The lowest BCUT2D eigenvalue weighted by Gasteiger charge is -2.07. The highest BCUT2D eigenvalue weighted by atomic mass is 19.1. The van der Waals surface area contributed by atoms with Crippen molar-refractivity contribution in [1.29, 1.82) is 0 Å². The number of aryl methyl sites for hydroxylation is 1. The molecule has 1 aromatic heterocycles. The number of carbonyl (C=O) groups is 1. The van der Waals surface area contributed by atoms with E-state index in [0.717, 1.165) is 24.5 Å². The number of hydrogen-bond donors (Lipinski definition) is 0. The summed E-state index contributed by atoms with van der Waals surface area (Å²) in [4.78, 5) is 21.8. The second-order valence-electron chi connectivity index (χ2n) is 5.15. The van der Waals surface area contributed by atoms with Crippen molar-refractivity contribution in [3.63, 3.8) is 0 Å². The number of rotatable bonds is 3. The van der Waals surface area contributed by atoms with Crippen molar-refractivity contribution in [2.45, 2.75) is 25.8 Å². The summed E-state index contributed by atoms with van der Waals surface area (Å²) < 4.78 is 15.8. The third-order valence-electron chi connectivity index (χ3n) is 3.72. The maximum absolute atomic E-state index is 14.0. The maximum Gasteiger partial charge on any atom is 0.305 e. The van der Waals surface area contributed by atoms with Crippen LogP contribution in [0, 0.1) is 15.9 Å². The average molecular weight is 288 g/mol. The van der Waals surface area contributed by atoms with Gasteiger partial charge < -0.3 is 4.57 Å². The Hall–Kier alpha value is -2.50. The largest absolute Gasteiger partial charge is 0.349 e. The summed E-state index contributed by atoms with van der Waals surface area (Å²) in [6, 6.07) is 4.12. The van der Waals surface area contributed by atoms with Crippen molar-refractivity contribution in [2.75, 3.05) is 0 Å². The van der Waals surface area contributed by atoms with E-state index in [0.29, 0.717) is 12.0 Å². The maximum atomic E-state index is 14.0. The Kier molecular flexibility index (Phi) is 3.29. The molecule has 2 aromatic rings. The number of nitro groups is 1. The first kappa shape index (κ1) is 13.5. The first-order valence-electron chi connectivity index (χ1n) is 6.70. The number of benzene rings is 1. The van der Waals surface area contributed by atoms with Gasteiger partial charge in [-0.05, 0) is 18.4 Å². The minimum Gasteiger partial charge on any atom is -0.349 e. The minimum absolute atomic E-state index is 0.106.